The molecule has 4 N–H and O–H groups in total. The SMILES string of the molecule is CCCCc1nc2c(N)nc3ccccc3c2n1Cc1cccc(CNC(=O)OCc2ccc(NC(C)(C)C)cc2)c1. The van der Waals surface area contributed by atoms with Crippen LogP contribution in [-0.2, 0) is 30.9 Å². The quantitative estimate of drug-likeness (QED) is 0.166. The van der Waals surface area contributed by atoms with Gasteiger partial charge in [0, 0.05) is 36.1 Å². The number of unbranched alkanes of at least 4 members (excludes halogenated alkanes) is 1. The summed E-state index contributed by atoms with van der Waals surface area (Å²) < 4.78 is 7.73. The maximum atomic E-state index is 12.5. The van der Waals surface area contributed by atoms with Gasteiger partial charge in [-0.05, 0) is 62.1 Å². The number of alkyl carbamates (subject to hydrolysis) is 1. The van der Waals surface area contributed by atoms with E-state index in [0.29, 0.717) is 18.9 Å². The first-order chi connectivity index (χ1) is 20.2. The minimum absolute atomic E-state index is 0.0149. The maximum absolute atomic E-state index is 12.5. The van der Waals surface area contributed by atoms with E-state index < -0.39 is 6.09 Å². The van der Waals surface area contributed by atoms with Gasteiger partial charge in [-0.1, -0.05) is 67.9 Å². The molecule has 0 saturated carbocycles. The zero-order valence-electron chi connectivity index (χ0n) is 24.9. The molecule has 0 spiro atoms. The second-order valence-corrected chi connectivity index (χ2v) is 11.8. The number of amides is 1. The minimum atomic E-state index is -0.450. The molecule has 0 aliphatic carbocycles. The van der Waals surface area contributed by atoms with E-state index in [4.69, 9.17) is 15.5 Å². The fourth-order valence-corrected chi connectivity index (χ4v) is 5.11. The summed E-state index contributed by atoms with van der Waals surface area (Å²) in [4.78, 5) is 22.0. The Morgan fingerprint density at radius 3 is 2.48 bits per heavy atom. The van der Waals surface area contributed by atoms with Crippen molar-refractivity contribution in [1.82, 2.24) is 19.9 Å². The molecule has 8 nitrogen and oxygen atoms in total. The molecule has 0 aliphatic heterocycles. The molecule has 0 saturated heterocycles. The van der Waals surface area contributed by atoms with Crippen LogP contribution < -0.4 is 16.4 Å². The van der Waals surface area contributed by atoms with Crippen LogP contribution in [0.25, 0.3) is 21.9 Å². The van der Waals surface area contributed by atoms with Gasteiger partial charge in [-0.3, -0.25) is 0 Å². The number of ether oxygens (including phenoxy) is 1. The van der Waals surface area contributed by atoms with Crippen molar-refractivity contribution in [3.05, 3.63) is 95.3 Å². The highest BCUT2D eigenvalue weighted by atomic mass is 16.5. The van der Waals surface area contributed by atoms with E-state index in [-0.39, 0.29) is 12.1 Å². The van der Waals surface area contributed by atoms with Gasteiger partial charge in [-0.15, -0.1) is 0 Å². The third kappa shape index (κ3) is 7.00. The van der Waals surface area contributed by atoms with Crippen molar-refractivity contribution in [3.63, 3.8) is 0 Å². The van der Waals surface area contributed by atoms with Gasteiger partial charge in [0.05, 0.1) is 11.0 Å². The summed E-state index contributed by atoms with van der Waals surface area (Å²) in [7, 11) is 0. The first-order valence-electron chi connectivity index (χ1n) is 14.6. The van der Waals surface area contributed by atoms with Crippen molar-refractivity contribution in [3.8, 4) is 0 Å². The molecule has 1 amide bonds. The van der Waals surface area contributed by atoms with E-state index in [1.807, 2.05) is 54.6 Å². The van der Waals surface area contributed by atoms with Crippen LogP contribution in [0.5, 0.6) is 0 Å². The molecule has 218 valence electrons. The number of benzene rings is 3. The lowest BCUT2D eigenvalue weighted by atomic mass is 10.1. The lowest BCUT2D eigenvalue weighted by molar-refractivity contribution is 0.139. The average Bonchev–Trinajstić information content (AvgIpc) is 3.33. The number of nitrogens with zero attached hydrogens (tertiary/aromatic N) is 3. The van der Waals surface area contributed by atoms with Crippen LogP contribution in [0.3, 0.4) is 0 Å². The standard InChI is InChI=1S/C34H40N6O2/c1-5-6-14-29-38-30-31(27-12-7-8-13-28(27)37-32(30)35)40(29)21-25-11-9-10-24(19-25)20-36-33(41)42-22-23-15-17-26(18-16-23)39-34(2,3)4/h7-13,15-19,39H,5-6,14,20-22H2,1-4H3,(H2,35,37)(H,36,41). The van der Waals surface area contributed by atoms with Crippen molar-refractivity contribution in [2.24, 2.45) is 0 Å². The first kappa shape index (κ1) is 28.9. The lowest BCUT2D eigenvalue weighted by Crippen LogP contribution is -2.26. The molecule has 5 rings (SSSR count). The van der Waals surface area contributed by atoms with Gasteiger partial charge in [0.2, 0.25) is 0 Å². The van der Waals surface area contributed by atoms with E-state index >= 15 is 0 Å². The number of carbonyl (C=O) groups is 1. The molecule has 8 heteroatoms. The Morgan fingerprint density at radius 1 is 0.952 bits per heavy atom. The van der Waals surface area contributed by atoms with Gasteiger partial charge in [0.1, 0.15) is 17.9 Å². The van der Waals surface area contributed by atoms with Crippen LogP contribution in [-0.4, -0.2) is 26.2 Å². The predicted molar refractivity (Wildman–Crippen MR) is 170 cm³/mol. The van der Waals surface area contributed by atoms with E-state index in [9.17, 15) is 4.79 Å². The number of fused-ring (bicyclic) bond motifs is 3. The van der Waals surface area contributed by atoms with Crippen LogP contribution in [0.4, 0.5) is 16.3 Å². The number of aromatic nitrogens is 3. The lowest BCUT2D eigenvalue weighted by Gasteiger charge is -2.22. The van der Waals surface area contributed by atoms with E-state index in [1.165, 1.54) is 0 Å². The fourth-order valence-electron chi connectivity index (χ4n) is 5.11. The van der Waals surface area contributed by atoms with Gasteiger partial charge in [0.15, 0.2) is 5.82 Å². The Kier molecular flexibility index (Phi) is 8.61. The Bertz CT molecular complexity index is 1690. The number of carbonyl (C=O) groups excluding carboxylic acids is 1. The average molecular weight is 565 g/mol. The van der Waals surface area contributed by atoms with E-state index in [2.05, 4.69) is 66.1 Å². The van der Waals surface area contributed by atoms with Crippen LogP contribution in [0.1, 0.15) is 63.1 Å². The minimum Gasteiger partial charge on any atom is -0.445 e. The Hall–Kier alpha value is -4.59. The molecule has 0 radical (unpaired) electrons. The second-order valence-electron chi connectivity index (χ2n) is 11.8. The highest BCUT2D eigenvalue weighted by molar-refractivity contribution is 6.06. The van der Waals surface area contributed by atoms with Crippen molar-refractivity contribution in [1.29, 1.82) is 0 Å². The van der Waals surface area contributed by atoms with Crippen molar-refractivity contribution in [2.75, 3.05) is 11.1 Å². The number of rotatable bonds is 10. The second kappa shape index (κ2) is 12.5. The Morgan fingerprint density at radius 2 is 1.71 bits per heavy atom. The molecule has 0 aliphatic rings. The Labute approximate surface area is 247 Å². The number of nitrogens with one attached hydrogen (secondary N) is 2. The zero-order chi connectivity index (χ0) is 29.7. The number of nitrogens with two attached hydrogens (primary N) is 1. The van der Waals surface area contributed by atoms with Crippen LogP contribution in [0.15, 0.2) is 72.8 Å². The van der Waals surface area contributed by atoms with Crippen LogP contribution >= 0.6 is 0 Å². The summed E-state index contributed by atoms with van der Waals surface area (Å²) in [6, 6.07) is 24.2. The number of hydrogen-bond acceptors (Lipinski definition) is 6. The molecule has 0 atom stereocenters. The molecule has 0 fully saturated rings. The number of nitrogen functional groups attached to an aromatic ring is 1. The van der Waals surface area contributed by atoms with Gasteiger partial charge in [-0.2, -0.15) is 0 Å². The number of hydrogen-bond donors (Lipinski definition) is 3. The van der Waals surface area contributed by atoms with Gasteiger partial charge >= 0.3 is 6.09 Å². The molecule has 2 aromatic heterocycles. The van der Waals surface area contributed by atoms with Gasteiger partial charge in [0.25, 0.3) is 0 Å². The highest BCUT2D eigenvalue weighted by Crippen LogP contribution is 2.30. The van der Waals surface area contributed by atoms with Gasteiger partial charge in [-0.25, -0.2) is 14.8 Å². The molecular formula is C34H40N6O2. The smallest absolute Gasteiger partial charge is 0.407 e. The molecule has 2 heterocycles. The number of aryl methyl sites for hydroxylation is 1. The molecule has 0 bridgehead atoms. The largest absolute Gasteiger partial charge is 0.445 e. The normalized spacial score (nSPS) is 11.6. The monoisotopic (exact) mass is 564 g/mol. The summed E-state index contributed by atoms with van der Waals surface area (Å²) in [5.41, 5.74) is 13.0. The molecule has 5 aromatic rings. The van der Waals surface area contributed by atoms with Crippen molar-refractivity contribution >= 4 is 39.5 Å². The van der Waals surface area contributed by atoms with E-state index in [0.717, 1.165) is 69.4 Å². The topological polar surface area (TPSA) is 107 Å². The summed E-state index contributed by atoms with van der Waals surface area (Å²) in [5.74, 6) is 1.46. The van der Waals surface area contributed by atoms with Crippen molar-refractivity contribution in [2.45, 2.75) is 72.2 Å². The third-order valence-corrected chi connectivity index (χ3v) is 7.06. The summed E-state index contributed by atoms with van der Waals surface area (Å²) in [5, 5.41) is 7.35. The summed E-state index contributed by atoms with van der Waals surface area (Å²) >= 11 is 0. The Balaban J connectivity index is 1.27. The molecular weight excluding hydrogens is 524 g/mol. The number of imidazole rings is 1. The number of anilines is 2. The molecule has 0 unspecified atom stereocenters. The fraction of sp³-hybridized carbons (Fsp3) is 0.324. The zero-order valence-corrected chi connectivity index (χ0v) is 24.9. The maximum Gasteiger partial charge on any atom is 0.407 e. The van der Waals surface area contributed by atoms with Crippen LogP contribution in [0.2, 0.25) is 0 Å². The van der Waals surface area contributed by atoms with Crippen LogP contribution in [0, 0.1) is 0 Å². The van der Waals surface area contributed by atoms with E-state index in [1.54, 1.807) is 0 Å². The summed E-state index contributed by atoms with van der Waals surface area (Å²) in [6.45, 7) is 9.75. The summed E-state index contributed by atoms with van der Waals surface area (Å²) in [6.07, 6.45) is 2.53. The van der Waals surface area contributed by atoms with Crippen molar-refractivity contribution < 1.29 is 9.53 Å². The first-order valence-corrected chi connectivity index (χ1v) is 14.6. The molecule has 3 aromatic carbocycles. The predicted octanol–water partition coefficient (Wildman–Crippen LogP) is 7.19. The number of pyridine rings is 1. The highest BCUT2D eigenvalue weighted by Gasteiger charge is 2.17. The third-order valence-electron chi connectivity index (χ3n) is 7.06. The molecule has 42 heavy (non-hydrogen) atoms. The number of para-hydroxylation sites is 1. The van der Waals surface area contributed by atoms with Gasteiger partial charge < -0.3 is 25.7 Å².